The third-order valence-corrected chi connectivity index (χ3v) is 6.38. The van der Waals surface area contributed by atoms with E-state index in [2.05, 4.69) is 15.4 Å². The molecule has 1 aromatic rings. The van der Waals surface area contributed by atoms with Gasteiger partial charge in [-0.2, -0.15) is 0 Å². The molecule has 0 spiro atoms. The number of alkyl halides is 3. The standard InChI is InChI=1S/C15H20Cl4N4O4S2/c1-7(2)3-10(22-14(24)27-6-15(17,18)19)13-21-9-4-8(16)12(29(20,25)26)5-11(9)28-23-13/h4-5,7,10,13,21,23H,3,6H2,1-2H3,(H,22,24)(H2,20,25,26). The summed E-state index contributed by atoms with van der Waals surface area (Å²) in [5.74, 6) is 0.247. The van der Waals surface area contributed by atoms with Crippen LogP contribution in [0.1, 0.15) is 20.3 Å². The summed E-state index contributed by atoms with van der Waals surface area (Å²) in [4.78, 5) is 12.5. The van der Waals surface area contributed by atoms with Gasteiger partial charge in [0.1, 0.15) is 17.7 Å². The van der Waals surface area contributed by atoms with Gasteiger partial charge < -0.3 is 15.4 Å². The Kier molecular flexibility index (Phi) is 8.48. The highest BCUT2D eigenvalue weighted by molar-refractivity contribution is 7.97. The van der Waals surface area contributed by atoms with Crippen LogP contribution in [0, 0.1) is 5.92 Å². The molecule has 0 saturated heterocycles. The molecule has 2 atom stereocenters. The normalized spacial score (nSPS) is 18.0. The molecule has 0 radical (unpaired) electrons. The lowest BCUT2D eigenvalue weighted by atomic mass is 10.0. The number of amides is 1. The fourth-order valence-electron chi connectivity index (χ4n) is 2.58. The molecule has 0 aromatic heterocycles. The fourth-order valence-corrected chi connectivity index (χ4v) is 4.80. The number of hydrogen-bond acceptors (Lipinski definition) is 7. The summed E-state index contributed by atoms with van der Waals surface area (Å²) in [6, 6.07) is 2.47. The highest BCUT2D eigenvalue weighted by Gasteiger charge is 2.31. The van der Waals surface area contributed by atoms with E-state index in [1.54, 1.807) is 0 Å². The zero-order valence-corrected chi connectivity index (χ0v) is 20.0. The van der Waals surface area contributed by atoms with E-state index in [9.17, 15) is 13.2 Å². The predicted octanol–water partition coefficient (Wildman–Crippen LogP) is 3.85. The second-order valence-corrected chi connectivity index (χ2v) is 12.1. The van der Waals surface area contributed by atoms with Crippen molar-refractivity contribution in [2.24, 2.45) is 11.1 Å². The van der Waals surface area contributed by atoms with Gasteiger partial charge >= 0.3 is 6.09 Å². The van der Waals surface area contributed by atoms with Crippen molar-refractivity contribution in [3.05, 3.63) is 17.2 Å². The summed E-state index contributed by atoms with van der Waals surface area (Å²) in [5, 5.41) is 11.1. The van der Waals surface area contributed by atoms with Gasteiger partial charge in [-0.1, -0.05) is 60.3 Å². The largest absolute Gasteiger partial charge is 0.445 e. The molecule has 164 valence electrons. The average molecular weight is 526 g/mol. The van der Waals surface area contributed by atoms with Crippen molar-refractivity contribution in [2.45, 2.75) is 46.1 Å². The molecule has 29 heavy (non-hydrogen) atoms. The van der Waals surface area contributed by atoms with E-state index in [-0.39, 0.29) is 15.8 Å². The molecule has 5 N–H and O–H groups in total. The van der Waals surface area contributed by atoms with Crippen molar-refractivity contribution < 1.29 is 17.9 Å². The van der Waals surface area contributed by atoms with Gasteiger partial charge in [0.15, 0.2) is 0 Å². The molecule has 0 fully saturated rings. The maximum Gasteiger partial charge on any atom is 0.407 e. The number of fused-ring (bicyclic) bond motifs is 1. The third kappa shape index (κ3) is 7.70. The Morgan fingerprint density at radius 1 is 1.38 bits per heavy atom. The molecular weight excluding hydrogens is 506 g/mol. The number of carbonyl (C=O) groups excluding carboxylic acids is 1. The highest BCUT2D eigenvalue weighted by atomic mass is 35.6. The van der Waals surface area contributed by atoms with Gasteiger partial charge in [-0.15, -0.1) is 0 Å². The van der Waals surface area contributed by atoms with Gasteiger partial charge in [0, 0.05) is 4.90 Å². The number of primary sulfonamides is 1. The van der Waals surface area contributed by atoms with Crippen molar-refractivity contribution in [3.8, 4) is 0 Å². The number of ether oxygens (including phenoxy) is 1. The van der Waals surface area contributed by atoms with E-state index in [1.807, 2.05) is 13.8 Å². The average Bonchev–Trinajstić information content (AvgIpc) is 2.56. The lowest BCUT2D eigenvalue weighted by molar-refractivity contribution is 0.141. The first-order valence-electron chi connectivity index (χ1n) is 8.31. The van der Waals surface area contributed by atoms with Crippen molar-refractivity contribution >= 4 is 80.2 Å². The fraction of sp³-hybridized carbons (Fsp3) is 0.533. The van der Waals surface area contributed by atoms with E-state index >= 15 is 0 Å². The summed E-state index contributed by atoms with van der Waals surface area (Å²) in [6.45, 7) is 3.61. The Morgan fingerprint density at radius 3 is 2.59 bits per heavy atom. The van der Waals surface area contributed by atoms with Gasteiger partial charge in [-0.05, 0) is 36.4 Å². The molecule has 1 amide bonds. The Bertz CT molecular complexity index is 865. The highest BCUT2D eigenvalue weighted by Crippen LogP contribution is 2.37. The first-order valence-corrected chi connectivity index (χ1v) is 12.2. The van der Waals surface area contributed by atoms with Crippen LogP contribution in [0.2, 0.25) is 5.02 Å². The first kappa shape index (κ1) is 24.9. The summed E-state index contributed by atoms with van der Waals surface area (Å²) in [6.07, 6.45) is -0.539. The second kappa shape index (κ2) is 9.86. The maximum atomic E-state index is 12.1. The minimum Gasteiger partial charge on any atom is -0.445 e. The molecule has 0 saturated carbocycles. The number of carbonyl (C=O) groups is 1. The van der Waals surface area contributed by atoms with Gasteiger partial charge in [-0.25, -0.2) is 23.1 Å². The number of hydrogen-bond donors (Lipinski definition) is 4. The number of benzene rings is 1. The van der Waals surface area contributed by atoms with E-state index in [0.29, 0.717) is 17.0 Å². The molecule has 8 nitrogen and oxygen atoms in total. The number of rotatable bonds is 6. The lowest BCUT2D eigenvalue weighted by Crippen LogP contribution is -2.54. The summed E-state index contributed by atoms with van der Waals surface area (Å²) in [5.41, 5.74) is 0.598. The van der Waals surface area contributed by atoms with Crippen LogP contribution in [0.4, 0.5) is 10.5 Å². The second-order valence-electron chi connectivity index (χ2n) is 6.74. The molecule has 2 rings (SSSR count). The van der Waals surface area contributed by atoms with Crippen molar-refractivity contribution in [3.63, 3.8) is 0 Å². The molecular formula is C15H20Cl4N4O4S2. The van der Waals surface area contributed by atoms with Gasteiger partial charge in [0.05, 0.1) is 16.8 Å². The van der Waals surface area contributed by atoms with Crippen LogP contribution in [0.3, 0.4) is 0 Å². The monoisotopic (exact) mass is 524 g/mol. The molecule has 1 aliphatic heterocycles. The van der Waals surface area contributed by atoms with Gasteiger partial charge in [-0.3, -0.25) is 0 Å². The topological polar surface area (TPSA) is 123 Å². The van der Waals surface area contributed by atoms with E-state index in [1.165, 1.54) is 24.1 Å². The quantitative estimate of drug-likeness (QED) is 0.328. The van der Waals surface area contributed by atoms with Crippen molar-refractivity contribution in [1.29, 1.82) is 0 Å². The van der Waals surface area contributed by atoms with Crippen LogP contribution in [0.25, 0.3) is 0 Å². The molecule has 0 aliphatic carbocycles. The molecule has 1 aromatic carbocycles. The van der Waals surface area contributed by atoms with Crippen LogP contribution < -0.4 is 20.5 Å². The summed E-state index contributed by atoms with van der Waals surface area (Å²) in [7, 11) is -3.95. The molecule has 0 bridgehead atoms. The molecule has 1 heterocycles. The Hall–Kier alpha value is -0.330. The number of nitrogens with one attached hydrogen (secondary N) is 3. The predicted molar refractivity (Wildman–Crippen MR) is 117 cm³/mol. The SMILES string of the molecule is CC(C)CC(NC(=O)OCC(Cl)(Cl)Cl)C1NSc2cc(S(N)(=O)=O)c(Cl)cc2N1. The smallest absolute Gasteiger partial charge is 0.407 e. The lowest BCUT2D eigenvalue weighted by Gasteiger charge is -2.34. The van der Waals surface area contributed by atoms with Crippen molar-refractivity contribution in [1.82, 2.24) is 10.0 Å². The number of halogens is 4. The van der Waals surface area contributed by atoms with Crippen molar-refractivity contribution in [2.75, 3.05) is 11.9 Å². The maximum absolute atomic E-state index is 12.1. The molecule has 14 heteroatoms. The minimum absolute atomic E-state index is 0.00421. The zero-order valence-electron chi connectivity index (χ0n) is 15.3. The number of anilines is 1. The minimum atomic E-state index is -3.95. The van der Waals surface area contributed by atoms with Crippen LogP contribution >= 0.6 is 58.4 Å². The Balaban J connectivity index is 2.16. The van der Waals surface area contributed by atoms with Crippen LogP contribution in [0.5, 0.6) is 0 Å². The number of sulfonamides is 1. The Labute approximate surface area is 193 Å². The summed E-state index contributed by atoms with van der Waals surface area (Å²) < 4.78 is 29.6. The number of alkyl carbamates (subject to hydrolysis) is 1. The van der Waals surface area contributed by atoms with E-state index < -0.39 is 38.7 Å². The first-order chi connectivity index (χ1) is 13.3. The van der Waals surface area contributed by atoms with E-state index in [4.69, 9.17) is 56.3 Å². The van der Waals surface area contributed by atoms with Gasteiger partial charge in [0.2, 0.25) is 13.8 Å². The summed E-state index contributed by atoms with van der Waals surface area (Å²) >= 11 is 24.0. The van der Waals surface area contributed by atoms with Gasteiger partial charge in [0.25, 0.3) is 0 Å². The molecule has 1 aliphatic rings. The van der Waals surface area contributed by atoms with E-state index in [0.717, 1.165) is 0 Å². The number of nitrogens with two attached hydrogens (primary N) is 1. The van der Waals surface area contributed by atoms with Crippen LogP contribution in [-0.2, 0) is 14.8 Å². The van der Waals surface area contributed by atoms with Crippen LogP contribution in [-0.4, -0.2) is 37.1 Å². The van der Waals surface area contributed by atoms with Crippen LogP contribution in [0.15, 0.2) is 21.9 Å². The third-order valence-electron chi connectivity index (χ3n) is 3.75. The Morgan fingerprint density at radius 2 is 2.03 bits per heavy atom. The molecule has 2 unspecified atom stereocenters. The zero-order chi connectivity index (χ0) is 22.0.